The summed E-state index contributed by atoms with van der Waals surface area (Å²) in [6, 6.07) is 0. The van der Waals surface area contributed by atoms with Gasteiger partial charge in [0.05, 0.1) is 0 Å². The Labute approximate surface area is 51.6 Å². The summed E-state index contributed by atoms with van der Waals surface area (Å²) in [6.45, 7) is 4.15. The van der Waals surface area contributed by atoms with Crippen LogP contribution in [0, 0.1) is 11.8 Å². The topological polar surface area (TPSA) is 0 Å². The molecule has 0 radical (unpaired) electrons. The van der Waals surface area contributed by atoms with Crippen molar-refractivity contribution in [1.82, 2.24) is 0 Å². The zero-order chi connectivity index (χ0) is 6.24. The predicted octanol–water partition coefficient (Wildman–Crippen LogP) is 2.37. The van der Waals surface area contributed by atoms with Gasteiger partial charge in [0.1, 0.15) is 0 Å². The van der Waals surface area contributed by atoms with E-state index in [0.29, 0.717) is 0 Å². The van der Waals surface area contributed by atoms with E-state index in [2.05, 4.69) is 24.8 Å². The first kappa shape index (κ1) is 7.30. The first-order valence-electron chi connectivity index (χ1n) is 3.05. The lowest BCUT2D eigenvalue weighted by atomic mass is 10.4. The van der Waals surface area contributed by atoms with E-state index in [1.165, 1.54) is 0 Å². The lowest BCUT2D eigenvalue weighted by molar-refractivity contribution is 1.22. The third-order valence-corrected chi connectivity index (χ3v) is 0.716. The van der Waals surface area contributed by atoms with Crippen LogP contribution >= 0.6 is 0 Å². The van der Waals surface area contributed by atoms with E-state index in [0.717, 1.165) is 12.8 Å². The summed E-state index contributed by atoms with van der Waals surface area (Å²) in [5, 5.41) is 0. The van der Waals surface area contributed by atoms with E-state index >= 15 is 0 Å². The van der Waals surface area contributed by atoms with Gasteiger partial charge in [0.15, 0.2) is 0 Å². The van der Waals surface area contributed by atoms with Gasteiger partial charge < -0.3 is 0 Å². The molecule has 0 unspecified atom stereocenters. The number of allylic oxidation sites excluding steroid dienone is 2. The smallest absolute Gasteiger partial charge is 0.00637 e. The van der Waals surface area contributed by atoms with Gasteiger partial charge in [-0.15, -0.1) is 0 Å². The number of hydrogen-bond acceptors (Lipinski definition) is 0. The van der Waals surface area contributed by atoms with Crippen LogP contribution in [0.2, 0.25) is 0 Å². The maximum absolute atomic E-state index is 2.95. The van der Waals surface area contributed by atoms with Gasteiger partial charge in [0, 0.05) is 6.42 Å². The predicted molar refractivity (Wildman–Crippen MR) is 37.5 cm³/mol. The Hall–Kier alpha value is -0.700. The molecule has 0 bridgehead atoms. The molecule has 0 aliphatic heterocycles. The van der Waals surface area contributed by atoms with Crippen molar-refractivity contribution in [2.75, 3.05) is 0 Å². The van der Waals surface area contributed by atoms with E-state index in [-0.39, 0.29) is 0 Å². The van der Waals surface area contributed by atoms with Gasteiger partial charge in [-0.2, -0.15) is 0 Å². The summed E-state index contributed by atoms with van der Waals surface area (Å²) >= 11 is 0. The van der Waals surface area contributed by atoms with E-state index in [1.807, 2.05) is 13.0 Å². The Bertz CT molecular complexity index is 110. The van der Waals surface area contributed by atoms with Crippen LogP contribution in [0.25, 0.3) is 0 Å². The van der Waals surface area contributed by atoms with Gasteiger partial charge >= 0.3 is 0 Å². The molecule has 0 N–H and O–H groups in total. The van der Waals surface area contributed by atoms with Gasteiger partial charge in [-0.25, -0.2) is 0 Å². The zero-order valence-corrected chi connectivity index (χ0v) is 5.57. The average Bonchev–Trinajstić information content (AvgIpc) is 1.81. The van der Waals surface area contributed by atoms with Crippen LogP contribution in [-0.4, -0.2) is 0 Å². The number of rotatable bonds is 1. The van der Waals surface area contributed by atoms with Crippen LogP contribution in [0.5, 0.6) is 0 Å². The molecule has 0 aromatic carbocycles. The summed E-state index contributed by atoms with van der Waals surface area (Å²) in [4.78, 5) is 0. The highest BCUT2D eigenvalue weighted by atomic mass is 13.7. The standard InChI is InChI=1S/C8H12/c1-3-5-7-8-6-4-2/h5,7H,3-4H2,1-2H3. The molecule has 8 heavy (non-hydrogen) atoms. The molecule has 0 aromatic heterocycles. The highest BCUT2D eigenvalue weighted by Gasteiger charge is 1.59. The molecule has 0 aliphatic carbocycles. The molecule has 0 heterocycles. The van der Waals surface area contributed by atoms with Crippen LogP contribution in [-0.2, 0) is 0 Å². The Morgan fingerprint density at radius 2 is 2.12 bits per heavy atom. The first-order valence-corrected chi connectivity index (χ1v) is 3.05. The lowest BCUT2D eigenvalue weighted by Gasteiger charge is -1.69. The minimum Gasteiger partial charge on any atom is -0.0988 e. The number of hydrogen-bond donors (Lipinski definition) is 0. The Balaban J connectivity index is 3.26. The van der Waals surface area contributed by atoms with Crippen molar-refractivity contribution in [3.05, 3.63) is 12.2 Å². The second kappa shape index (κ2) is 6.30. The van der Waals surface area contributed by atoms with Crippen LogP contribution in [0.3, 0.4) is 0 Å². The first-order chi connectivity index (χ1) is 3.91. The zero-order valence-electron chi connectivity index (χ0n) is 5.57. The second-order valence-corrected chi connectivity index (χ2v) is 1.49. The average molecular weight is 108 g/mol. The van der Waals surface area contributed by atoms with Gasteiger partial charge in [-0.1, -0.05) is 31.8 Å². The van der Waals surface area contributed by atoms with Gasteiger partial charge in [-0.3, -0.25) is 0 Å². The van der Waals surface area contributed by atoms with Crippen molar-refractivity contribution < 1.29 is 0 Å². The van der Waals surface area contributed by atoms with Crippen molar-refractivity contribution in [1.29, 1.82) is 0 Å². The molecule has 0 amide bonds. The van der Waals surface area contributed by atoms with Crippen LogP contribution in [0.1, 0.15) is 26.7 Å². The van der Waals surface area contributed by atoms with Crippen LogP contribution in [0.15, 0.2) is 12.2 Å². The SMILES string of the molecule is CCC#CC=CCC. The molecule has 0 saturated carbocycles. The van der Waals surface area contributed by atoms with Crippen LogP contribution in [0.4, 0.5) is 0 Å². The van der Waals surface area contributed by atoms with Gasteiger partial charge in [-0.05, 0) is 12.5 Å². The quantitative estimate of drug-likeness (QED) is 0.452. The van der Waals surface area contributed by atoms with E-state index < -0.39 is 0 Å². The Morgan fingerprint density at radius 3 is 2.62 bits per heavy atom. The fourth-order valence-corrected chi connectivity index (χ4v) is 0.338. The van der Waals surface area contributed by atoms with E-state index in [4.69, 9.17) is 0 Å². The molecular formula is C8H12. The monoisotopic (exact) mass is 108 g/mol. The molecule has 0 rings (SSSR count). The second-order valence-electron chi connectivity index (χ2n) is 1.49. The molecule has 0 spiro atoms. The third-order valence-electron chi connectivity index (χ3n) is 0.716. The third kappa shape index (κ3) is 5.30. The van der Waals surface area contributed by atoms with E-state index in [1.54, 1.807) is 0 Å². The normalized spacial score (nSPS) is 8.75. The Morgan fingerprint density at radius 1 is 1.38 bits per heavy atom. The lowest BCUT2D eigenvalue weighted by Crippen LogP contribution is -1.53. The maximum atomic E-state index is 2.95. The van der Waals surface area contributed by atoms with Crippen molar-refractivity contribution in [2.45, 2.75) is 26.7 Å². The Kier molecular flexibility index (Phi) is 5.75. The molecule has 0 nitrogen and oxygen atoms in total. The van der Waals surface area contributed by atoms with Crippen molar-refractivity contribution in [2.24, 2.45) is 0 Å². The summed E-state index contributed by atoms with van der Waals surface area (Å²) in [6.07, 6.45) is 6.00. The van der Waals surface area contributed by atoms with Crippen LogP contribution < -0.4 is 0 Å². The molecule has 0 aliphatic rings. The van der Waals surface area contributed by atoms with Gasteiger partial charge in [0.2, 0.25) is 0 Å². The highest BCUT2D eigenvalue weighted by molar-refractivity contribution is 5.14. The van der Waals surface area contributed by atoms with E-state index in [9.17, 15) is 0 Å². The molecule has 0 fully saturated rings. The molecular weight excluding hydrogens is 96.1 g/mol. The summed E-state index contributed by atoms with van der Waals surface area (Å²) in [5.41, 5.74) is 0. The fraction of sp³-hybridized carbons (Fsp3) is 0.500. The molecule has 0 saturated heterocycles. The minimum absolute atomic E-state index is 0.952. The summed E-state index contributed by atoms with van der Waals surface area (Å²) in [5.74, 6) is 5.85. The van der Waals surface area contributed by atoms with Gasteiger partial charge in [0.25, 0.3) is 0 Å². The molecule has 0 heteroatoms. The maximum Gasteiger partial charge on any atom is 0.00637 e. The largest absolute Gasteiger partial charge is 0.0988 e. The summed E-state index contributed by atoms with van der Waals surface area (Å²) < 4.78 is 0. The fourth-order valence-electron chi connectivity index (χ4n) is 0.338. The molecule has 44 valence electrons. The van der Waals surface area contributed by atoms with Crippen molar-refractivity contribution in [3.63, 3.8) is 0 Å². The minimum atomic E-state index is 0.952. The highest BCUT2D eigenvalue weighted by Crippen LogP contribution is 1.76. The van der Waals surface area contributed by atoms with Crippen molar-refractivity contribution >= 4 is 0 Å². The van der Waals surface area contributed by atoms with Crippen molar-refractivity contribution in [3.8, 4) is 11.8 Å². The summed E-state index contributed by atoms with van der Waals surface area (Å²) in [7, 11) is 0. The molecule has 0 atom stereocenters. The molecule has 0 aromatic rings.